The summed E-state index contributed by atoms with van der Waals surface area (Å²) in [6.45, 7) is 2.41. The third kappa shape index (κ3) is 13.0. The topological polar surface area (TPSA) is 168 Å². The highest BCUT2D eigenvalue weighted by atomic mass is 16.5. The molecule has 0 saturated carbocycles. The summed E-state index contributed by atoms with van der Waals surface area (Å²) in [6.07, 6.45) is 12.0. The second-order valence-corrected chi connectivity index (χ2v) is 11.2. The van der Waals surface area contributed by atoms with Crippen molar-refractivity contribution in [3.05, 3.63) is 89.0 Å². The van der Waals surface area contributed by atoms with Crippen molar-refractivity contribution in [1.29, 1.82) is 0 Å². The first-order valence-electron chi connectivity index (χ1n) is 16.0. The van der Waals surface area contributed by atoms with E-state index in [-0.39, 0.29) is 11.5 Å². The quantitative estimate of drug-likeness (QED) is 0.0393. The molecule has 3 aromatic carbocycles. The van der Waals surface area contributed by atoms with Gasteiger partial charge in [-0.05, 0) is 91.4 Å². The number of benzene rings is 3. The first-order chi connectivity index (χ1) is 22.7. The van der Waals surface area contributed by atoms with E-state index in [0.29, 0.717) is 65.4 Å². The van der Waals surface area contributed by atoms with Gasteiger partial charge in [0.1, 0.15) is 11.5 Å². The Hall–Kier alpha value is -5.12. The number of anilines is 2. The van der Waals surface area contributed by atoms with Crippen molar-refractivity contribution in [2.75, 3.05) is 18.1 Å². The van der Waals surface area contributed by atoms with Crippen LogP contribution >= 0.6 is 0 Å². The Morgan fingerprint density at radius 3 is 2.09 bits per heavy atom. The minimum Gasteiger partial charge on any atom is -0.478 e. The standard InChI is InChI=1S/C37H44N2O8/c1-2-3-4-9-12-34(40)46-29-18-20-30(21-19-29)47-35(41)22-15-26-13-16-27(17-14-26)37(44)45-23-10-7-5-6-8-11-31-32(36(42)43)24-28(38)25-33(31)39/h13-22,24-25H,2-12,23,38-39H2,1H3,(H,42,43)/b22-15+. The number of esters is 3. The van der Waals surface area contributed by atoms with E-state index >= 15 is 0 Å². The summed E-state index contributed by atoms with van der Waals surface area (Å²) < 4.78 is 16.0. The summed E-state index contributed by atoms with van der Waals surface area (Å²) in [4.78, 5) is 48.1. The van der Waals surface area contributed by atoms with Crippen molar-refractivity contribution in [2.45, 2.75) is 77.6 Å². The maximum Gasteiger partial charge on any atom is 0.338 e. The van der Waals surface area contributed by atoms with Crippen molar-refractivity contribution in [3.8, 4) is 11.5 Å². The average molecular weight is 645 g/mol. The lowest BCUT2D eigenvalue weighted by atomic mass is 9.98. The zero-order chi connectivity index (χ0) is 34.0. The fourth-order valence-corrected chi connectivity index (χ4v) is 4.87. The zero-order valence-corrected chi connectivity index (χ0v) is 26.9. The van der Waals surface area contributed by atoms with Crippen LogP contribution in [-0.2, 0) is 20.7 Å². The summed E-state index contributed by atoms with van der Waals surface area (Å²) in [5.41, 5.74) is 14.3. The molecule has 10 nitrogen and oxygen atoms in total. The average Bonchev–Trinajstić information content (AvgIpc) is 3.05. The molecule has 3 aromatic rings. The highest BCUT2D eigenvalue weighted by Gasteiger charge is 2.14. The van der Waals surface area contributed by atoms with Crippen molar-refractivity contribution < 1.29 is 38.5 Å². The molecule has 0 saturated heterocycles. The number of nitrogens with two attached hydrogens (primary N) is 2. The third-order valence-electron chi connectivity index (χ3n) is 7.41. The molecule has 0 radical (unpaired) electrons. The molecule has 0 aliphatic carbocycles. The molecule has 0 heterocycles. The van der Waals surface area contributed by atoms with Gasteiger partial charge in [0.15, 0.2) is 0 Å². The number of carbonyl (C=O) groups is 4. The van der Waals surface area contributed by atoms with Crippen molar-refractivity contribution in [2.24, 2.45) is 0 Å². The highest BCUT2D eigenvalue weighted by Crippen LogP contribution is 2.24. The molecule has 5 N–H and O–H groups in total. The van der Waals surface area contributed by atoms with Crippen molar-refractivity contribution in [3.63, 3.8) is 0 Å². The molecule has 0 aliphatic heterocycles. The lowest BCUT2D eigenvalue weighted by Gasteiger charge is -2.11. The van der Waals surface area contributed by atoms with Gasteiger partial charge in [-0.25, -0.2) is 14.4 Å². The summed E-state index contributed by atoms with van der Waals surface area (Å²) in [5, 5.41) is 9.41. The van der Waals surface area contributed by atoms with Gasteiger partial charge in [-0.3, -0.25) is 4.79 Å². The summed E-state index contributed by atoms with van der Waals surface area (Å²) >= 11 is 0. The van der Waals surface area contributed by atoms with E-state index in [1.165, 1.54) is 12.1 Å². The van der Waals surface area contributed by atoms with Crippen LogP contribution in [0.1, 0.15) is 103 Å². The number of carboxylic acids is 1. The number of carbonyl (C=O) groups excluding carboxylic acids is 3. The molecule has 0 amide bonds. The van der Waals surface area contributed by atoms with E-state index in [0.717, 1.165) is 51.4 Å². The molecule has 3 rings (SSSR count). The Kier molecular flexibility index (Phi) is 15.0. The van der Waals surface area contributed by atoms with Gasteiger partial charge in [-0.1, -0.05) is 57.6 Å². The Balaban J connectivity index is 1.31. The van der Waals surface area contributed by atoms with Crippen molar-refractivity contribution in [1.82, 2.24) is 0 Å². The lowest BCUT2D eigenvalue weighted by molar-refractivity contribution is -0.134. The Bertz CT molecular complexity index is 1510. The molecule has 0 spiro atoms. The largest absolute Gasteiger partial charge is 0.478 e. The minimum atomic E-state index is -1.04. The Labute approximate surface area is 275 Å². The van der Waals surface area contributed by atoms with Crippen LogP contribution in [0.5, 0.6) is 11.5 Å². The fourth-order valence-electron chi connectivity index (χ4n) is 4.87. The highest BCUT2D eigenvalue weighted by molar-refractivity contribution is 5.93. The molecule has 10 heteroatoms. The van der Waals surface area contributed by atoms with Crippen LogP contribution in [0.15, 0.2) is 66.7 Å². The molecule has 47 heavy (non-hydrogen) atoms. The number of carboxylic acid groups (broad SMARTS) is 1. The number of hydrogen-bond donors (Lipinski definition) is 3. The van der Waals surface area contributed by atoms with E-state index in [2.05, 4.69) is 6.92 Å². The van der Waals surface area contributed by atoms with Gasteiger partial charge >= 0.3 is 23.9 Å². The van der Waals surface area contributed by atoms with E-state index in [9.17, 15) is 24.3 Å². The van der Waals surface area contributed by atoms with Crippen LogP contribution in [0.25, 0.3) is 6.08 Å². The SMILES string of the molecule is CCCCCCC(=O)Oc1ccc(OC(=O)/C=C/c2ccc(C(=O)OCCCCCCCc3c(N)cc(N)cc3C(=O)O)cc2)cc1. The van der Waals surface area contributed by atoms with Gasteiger partial charge < -0.3 is 30.8 Å². The van der Waals surface area contributed by atoms with E-state index in [4.69, 9.17) is 25.7 Å². The minimum absolute atomic E-state index is 0.147. The maximum atomic E-state index is 12.4. The van der Waals surface area contributed by atoms with Gasteiger partial charge in [-0.2, -0.15) is 0 Å². The molecule has 0 fully saturated rings. The Morgan fingerprint density at radius 1 is 0.766 bits per heavy atom. The molecule has 0 atom stereocenters. The van der Waals surface area contributed by atoms with E-state index in [1.54, 1.807) is 60.7 Å². The van der Waals surface area contributed by atoms with Crippen LogP contribution < -0.4 is 20.9 Å². The predicted octanol–water partition coefficient (Wildman–Crippen LogP) is 7.39. The molecule has 250 valence electrons. The second kappa shape index (κ2) is 19.4. The normalized spacial score (nSPS) is 10.9. The third-order valence-corrected chi connectivity index (χ3v) is 7.41. The van der Waals surface area contributed by atoms with E-state index < -0.39 is 17.9 Å². The molecular formula is C37H44N2O8. The van der Waals surface area contributed by atoms with Gasteiger partial charge in [0, 0.05) is 23.9 Å². The zero-order valence-electron chi connectivity index (χ0n) is 26.9. The first-order valence-corrected chi connectivity index (χ1v) is 16.0. The smallest absolute Gasteiger partial charge is 0.338 e. The van der Waals surface area contributed by atoms with Crippen LogP contribution in [0.3, 0.4) is 0 Å². The van der Waals surface area contributed by atoms with Gasteiger partial charge in [-0.15, -0.1) is 0 Å². The fraction of sp³-hybridized carbons (Fsp3) is 0.351. The van der Waals surface area contributed by atoms with Crippen LogP contribution in [-0.4, -0.2) is 35.6 Å². The molecule has 0 aromatic heterocycles. The number of hydrogen-bond acceptors (Lipinski definition) is 9. The second-order valence-electron chi connectivity index (χ2n) is 11.2. The van der Waals surface area contributed by atoms with Crippen LogP contribution in [0.4, 0.5) is 11.4 Å². The number of ether oxygens (including phenoxy) is 3. The lowest BCUT2D eigenvalue weighted by Crippen LogP contribution is -2.08. The number of aromatic carboxylic acids is 1. The maximum absolute atomic E-state index is 12.4. The summed E-state index contributed by atoms with van der Waals surface area (Å²) in [7, 11) is 0. The monoisotopic (exact) mass is 644 g/mol. The first kappa shape index (κ1) is 36.3. The van der Waals surface area contributed by atoms with Gasteiger partial charge in [0.2, 0.25) is 0 Å². The molecular weight excluding hydrogens is 600 g/mol. The van der Waals surface area contributed by atoms with Gasteiger partial charge in [0.25, 0.3) is 0 Å². The molecule has 0 aliphatic rings. The number of nitrogen functional groups attached to an aromatic ring is 2. The van der Waals surface area contributed by atoms with Crippen molar-refractivity contribution >= 4 is 41.3 Å². The number of rotatable bonds is 19. The van der Waals surface area contributed by atoms with Crippen LogP contribution in [0, 0.1) is 0 Å². The Morgan fingerprint density at radius 2 is 1.40 bits per heavy atom. The van der Waals surface area contributed by atoms with Gasteiger partial charge in [0.05, 0.1) is 17.7 Å². The van der Waals surface area contributed by atoms with Crippen LogP contribution in [0.2, 0.25) is 0 Å². The molecule has 0 bridgehead atoms. The summed E-state index contributed by atoms with van der Waals surface area (Å²) in [5.74, 6) is -1.61. The number of unbranched alkanes of at least 4 members (excludes halogenated alkanes) is 7. The predicted molar refractivity (Wildman–Crippen MR) is 181 cm³/mol. The molecule has 0 unspecified atom stereocenters. The summed E-state index contributed by atoms with van der Waals surface area (Å²) in [6, 6.07) is 16.0. The van der Waals surface area contributed by atoms with E-state index in [1.807, 2.05) is 0 Å².